The molecule has 0 aromatic heterocycles. The molecule has 0 bridgehead atoms. The van der Waals surface area contributed by atoms with E-state index in [0.29, 0.717) is 23.1 Å². The molecule has 1 saturated heterocycles. The van der Waals surface area contributed by atoms with Crippen LogP contribution in [-0.4, -0.2) is 49.6 Å². The Morgan fingerprint density at radius 1 is 0.920 bits per heavy atom. The van der Waals surface area contributed by atoms with Crippen LogP contribution in [0.5, 0.6) is 0 Å². The zero-order valence-corrected chi connectivity index (χ0v) is 14.7. The zero-order chi connectivity index (χ0) is 18.0. The van der Waals surface area contributed by atoms with Gasteiger partial charge in [0.2, 0.25) is 0 Å². The monoisotopic (exact) mass is 357 g/mol. The lowest BCUT2D eigenvalue weighted by atomic mass is 10.0. The van der Waals surface area contributed by atoms with Crippen LogP contribution in [0.15, 0.2) is 54.6 Å². The van der Waals surface area contributed by atoms with Crippen molar-refractivity contribution in [3.8, 4) is 0 Å². The highest BCUT2D eigenvalue weighted by Crippen LogP contribution is 2.19. The van der Waals surface area contributed by atoms with Gasteiger partial charge < -0.3 is 4.90 Å². The van der Waals surface area contributed by atoms with E-state index in [-0.39, 0.29) is 29.2 Å². The topological polar surface area (TPSA) is 71.5 Å². The van der Waals surface area contributed by atoms with Gasteiger partial charge in [0.05, 0.1) is 11.5 Å². The number of carbonyl (C=O) groups excluding carboxylic acids is 2. The first-order valence-electron chi connectivity index (χ1n) is 8.05. The maximum atomic E-state index is 12.5. The highest BCUT2D eigenvalue weighted by molar-refractivity contribution is 7.91. The molecule has 130 valence electrons. The van der Waals surface area contributed by atoms with Crippen LogP contribution in [0.1, 0.15) is 32.7 Å². The molecule has 1 amide bonds. The first-order valence-corrected chi connectivity index (χ1v) is 9.87. The van der Waals surface area contributed by atoms with Gasteiger partial charge in [0, 0.05) is 29.8 Å². The molecule has 0 spiro atoms. The molecule has 0 radical (unpaired) electrons. The summed E-state index contributed by atoms with van der Waals surface area (Å²) in [5.74, 6) is -0.199. The molecule has 0 unspecified atom stereocenters. The lowest BCUT2D eigenvalue weighted by molar-refractivity contribution is 0.0747. The Morgan fingerprint density at radius 2 is 1.48 bits per heavy atom. The summed E-state index contributed by atoms with van der Waals surface area (Å²) >= 11 is 0. The molecule has 0 saturated carbocycles. The number of hydrogen-bond acceptors (Lipinski definition) is 4. The molecule has 25 heavy (non-hydrogen) atoms. The SMILES string of the molecule is CN(C(=O)c1ccc(C(=O)c2ccccc2)cc1)[C@H]1CCS(=O)(=O)C1. The van der Waals surface area contributed by atoms with Gasteiger partial charge in [-0.2, -0.15) is 0 Å². The molecule has 1 atom stereocenters. The van der Waals surface area contributed by atoms with E-state index in [2.05, 4.69) is 0 Å². The summed E-state index contributed by atoms with van der Waals surface area (Å²) in [5, 5.41) is 0. The molecular formula is C19H19NO4S. The van der Waals surface area contributed by atoms with Crippen molar-refractivity contribution < 1.29 is 18.0 Å². The second-order valence-corrected chi connectivity index (χ2v) is 8.47. The second-order valence-electron chi connectivity index (χ2n) is 6.25. The third-order valence-corrected chi connectivity index (χ3v) is 6.26. The van der Waals surface area contributed by atoms with E-state index in [1.165, 1.54) is 4.90 Å². The molecule has 3 rings (SSSR count). The van der Waals surface area contributed by atoms with E-state index >= 15 is 0 Å². The quantitative estimate of drug-likeness (QED) is 0.786. The number of benzene rings is 2. The fourth-order valence-corrected chi connectivity index (χ4v) is 4.75. The molecule has 1 heterocycles. The molecular weight excluding hydrogens is 338 g/mol. The smallest absolute Gasteiger partial charge is 0.253 e. The number of carbonyl (C=O) groups is 2. The Morgan fingerprint density at radius 3 is 2.04 bits per heavy atom. The van der Waals surface area contributed by atoms with Crippen LogP contribution in [0.25, 0.3) is 0 Å². The number of rotatable bonds is 4. The predicted octanol–water partition coefficient (Wildman–Crippen LogP) is 2.18. The third-order valence-electron chi connectivity index (χ3n) is 4.51. The largest absolute Gasteiger partial charge is 0.338 e. The Hall–Kier alpha value is -2.47. The molecule has 0 aliphatic carbocycles. The van der Waals surface area contributed by atoms with Crippen molar-refractivity contribution in [1.82, 2.24) is 4.90 Å². The molecule has 1 aliphatic heterocycles. The van der Waals surface area contributed by atoms with Gasteiger partial charge in [-0.3, -0.25) is 9.59 Å². The van der Waals surface area contributed by atoms with Gasteiger partial charge in [0.1, 0.15) is 0 Å². The van der Waals surface area contributed by atoms with Crippen molar-refractivity contribution >= 4 is 21.5 Å². The third kappa shape index (κ3) is 3.79. The summed E-state index contributed by atoms with van der Waals surface area (Å²) < 4.78 is 23.2. The summed E-state index contributed by atoms with van der Waals surface area (Å²) in [6.45, 7) is 0. The van der Waals surface area contributed by atoms with E-state index in [9.17, 15) is 18.0 Å². The first kappa shape index (κ1) is 17.4. The molecule has 2 aromatic carbocycles. The second kappa shape index (κ2) is 6.80. The number of sulfone groups is 1. The van der Waals surface area contributed by atoms with E-state index in [4.69, 9.17) is 0 Å². The Labute approximate surface area is 147 Å². The van der Waals surface area contributed by atoms with E-state index in [1.54, 1.807) is 55.6 Å². The van der Waals surface area contributed by atoms with Gasteiger partial charge in [0.25, 0.3) is 5.91 Å². The minimum Gasteiger partial charge on any atom is -0.338 e. The van der Waals surface area contributed by atoms with E-state index in [0.717, 1.165) is 0 Å². The molecule has 2 aromatic rings. The minimum atomic E-state index is -3.04. The zero-order valence-electron chi connectivity index (χ0n) is 13.9. The summed E-state index contributed by atoms with van der Waals surface area (Å²) in [4.78, 5) is 26.4. The van der Waals surface area contributed by atoms with Crippen LogP contribution in [0.4, 0.5) is 0 Å². The Kier molecular flexibility index (Phi) is 4.72. The van der Waals surface area contributed by atoms with Crippen molar-refractivity contribution in [3.05, 3.63) is 71.3 Å². The van der Waals surface area contributed by atoms with Crippen LogP contribution < -0.4 is 0 Å². The van der Waals surface area contributed by atoms with Crippen molar-refractivity contribution in [3.63, 3.8) is 0 Å². The number of ketones is 1. The van der Waals surface area contributed by atoms with Gasteiger partial charge in [-0.25, -0.2) is 8.42 Å². The van der Waals surface area contributed by atoms with Crippen molar-refractivity contribution in [2.75, 3.05) is 18.6 Å². The average Bonchev–Trinajstić information content (AvgIpc) is 3.00. The fraction of sp³-hybridized carbons (Fsp3) is 0.263. The Bertz CT molecular complexity index is 889. The molecule has 6 heteroatoms. The van der Waals surface area contributed by atoms with E-state index < -0.39 is 9.84 Å². The van der Waals surface area contributed by atoms with Crippen LogP contribution >= 0.6 is 0 Å². The first-order chi connectivity index (χ1) is 11.9. The van der Waals surface area contributed by atoms with Crippen LogP contribution in [-0.2, 0) is 9.84 Å². The standard InChI is InChI=1S/C19H19NO4S/c1-20(17-11-12-25(23,24)13-17)19(22)16-9-7-15(8-10-16)18(21)14-5-3-2-4-6-14/h2-10,17H,11-13H2,1H3/t17-/m0/s1. The molecule has 5 nitrogen and oxygen atoms in total. The number of amides is 1. The highest BCUT2D eigenvalue weighted by Gasteiger charge is 2.33. The van der Waals surface area contributed by atoms with Crippen molar-refractivity contribution in [2.45, 2.75) is 12.5 Å². The van der Waals surface area contributed by atoms with Gasteiger partial charge in [-0.15, -0.1) is 0 Å². The average molecular weight is 357 g/mol. The maximum Gasteiger partial charge on any atom is 0.253 e. The number of nitrogens with zero attached hydrogens (tertiary/aromatic N) is 1. The van der Waals surface area contributed by atoms with Crippen LogP contribution in [0.3, 0.4) is 0 Å². The summed E-state index contributed by atoms with van der Waals surface area (Å²) in [6.07, 6.45) is 0.467. The van der Waals surface area contributed by atoms with Crippen molar-refractivity contribution in [2.24, 2.45) is 0 Å². The normalized spacial score (nSPS) is 18.7. The highest BCUT2D eigenvalue weighted by atomic mass is 32.2. The molecule has 1 aliphatic rings. The van der Waals surface area contributed by atoms with Crippen molar-refractivity contribution in [1.29, 1.82) is 0 Å². The molecule has 0 N–H and O–H groups in total. The van der Waals surface area contributed by atoms with Gasteiger partial charge in [-0.1, -0.05) is 42.5 Å². The van der Waals surface area contributed by atoms with Crippen LogP contribution in [0.2, 0.25) is 0 Å². The van der Waals surface area contributed by atoms with Gasteiger partial charge in [0.15, 0.2) is 15.6 Å². The lowest BCUT2D eigenvalue weighted by Gasteiger charge is -2.23. The molecule has 1 fully saturated rings. The number of hydrogen-bond donors (Lipinski definition) is 0. The summed E-state index contributed by atoms with van der Waals surface area (Å²) in [7, 11) is -1.42. The van der Waals surface area contributed by atoms with E-state index in [1.807, 2.05) is 6.07 Å². The van der Waals surface area contributed by atoms with Gasteiger partial charge in [-0.05, 0) is 18.6 Å². The lowest BCUT2D eigenvalue weighted by Crippen LogP contribution is -2.37. The fourth-order valence-electron chi connectivity index (χ4n) is 2.97. The summed E-state index contributed by atoms with van der Waals surface area (Å²) in [5.41, 5.74) is 1.54. The van der Waals surface area contributed by atoms with Gasteiger partial charge >= 0.3 is 0 Å². The van der Waals surface area contributed by atoms with Crippen LogP contribution in [0, 0.1) is 0 Å². The summed E-state index contributed by atoms with van der Waals surface area (Å²) in [6, 6.07) is 15.1. The minimum absolute atomic E-state index is 0.0137. The maximum absolute atomic E-state index is 12.5. The Balaban J connectivity index is 1.74. The predicted molar refractivity (Wildman–Crippen MR) is 95.5 cm³/mol.